The molecule has 1 aliphatic rings. The number of benzene rings is 4. The molecule has 1 amide bonds. The highest BCUT2D eigenvalue weighted by Crippen LogP contribution is 2.43. The van der Waals surface area contributed by atoms with Crippen LogP contribution in [0.25, 0.3) is 28.1 Å². The lowest BCUT2D eigenvalue weighted by molar-refractivity contribution is -0.137. The number of alkyl halides is 3. The normalized spacial score (nSPS) is 12.6. The second-order valence-electron chi connectivity index (χ2n) is 10.7. The zero-order valence-electron chi connectivity index (χ0n) is 24.4. The van der Waals surface area contributed by atoms with E-state index >= 15 is 0 Å². The molecule has 8 heteroatoms. The van der Waals surface area contributed by atoms with Crippen LogP contribution in [-0.4, -0.2) is 10.9 Å². The second-order valence-corrected chi connectivity index (χ2v) is 10.7. The summed E-state index contributed by atoms with van der Waals surface area (Å²) in [6.07, 6.45) is 2.56. The number of ether oxygens (including phenoxy) is 1. The number of allylic oxidation sites excluding steroid dienone is 1. The molecule has 4 aromatic carbocycles. The predicted octanol–water partition coefficient (Wildman–Crippen LogP) is 9.61. The van der Waals surface area contributed by atoms with Crippen LogP contribution in [0.4, 0.5) is 30.2 Å². The average Bonchev–Trinajstić information content (AvgIpc) is 3.04. The zero-order valence-corrected chi connectivity index (χ0v) is 24.4. The third-order valence-corrected chi connectivity index (χ3v) is 7.61. The second kappa shape index (κ2) is 11.8. The van der Waals surface area contributed by atoms with Gasteiger partial charge in [-0.3, -0.25) is 9.78 Å². The van der Waals surface area contributed by atoms with Gasteiger partial charge in [0.25, 0.3) is 0 Å². The van der Waals surface area contributed by atoms with Crippen molar-refractivity contribution in [2.75, 3.05) is 10.2 Å². The molecule has 6 rings (SSSR count). The van der Waals surface area contributed by atoms with Crippen LogP contribution in [0.15, 0.2) is 122 Å². The van der Waals surface area contributed by atoms with E-state index in [1.807, 2.05) is 79.9 Å². The van der Waals surface area contributed by atoms with Crippen molar-refractivity contribution in [1.29, 1.82) is 0 Å². The highest BCUT2D eigenvalue weighted by molar-refractivity contribution is 6.04. The maximum absolute atomic E-state index is 13.1. The Morgan fingerprint density at radius 3 is 2.51 bits per heavy atom. The topological polar surface area (TPSA) is 54.5 Å². The average molecular weight is 604 g/mol. The highest BCUT2D eigenvalue weighted by atomic mass is 19.4. The summed E-state index contributed by atoms with van der Waals surface area (Å²) in [5.41, 5.74) is 7.83. The molecule has 5 aromatic rings. The number of anilines is 3. The predicted molar refractivity (Wildman–Crippen MR) is 173 cm³/mol. The van der Waals surface area contributed by atoms with Crippen molar-refractivity contribution in [3.8, 4) is 16.9 Å². The van der Waals surface area contributed by atoms with E-state index in [1.165, 1.54) is 18.2 Å². The maximum Gasteiger partial charge on any atom is 0.416 e. The van der Waals surface area contributed by atoms with Gasteiger partial charge in [-0.2, -0.15) is 13.2 Å². The molecule has 5 nitrogen and oxygen atoms in total. The van der Waals surface area contributed by atoms with E-state index in [0.29, 0.717) is 5.69 Å². The molecule has 224 valence electrons. The maximum atomic E-state index is 13.1. The fraction of sp³-hybridized carbons (Fsp3) is 0.0811. The molecule has 1 N–H and O–H groups in total. The Kier molecular flexibility index (Phi) is 7.72. The summed E-state index contributed by atoms with van der Waals surface area (Å²) < 4.78 is 44.8. The molecule has 0 aliphatic carbocycles. The molecule has 2 heterocycles. The largest absolute Gasteiger partial charge is 0.489 e. The first-order valence-electron chi connectivity index (χ1n) is 14.1. The summed E-state index contributed by atoms with van der Waals surface area (Å²) in [6.45, 7) is 9.91. The number of nitrogens with zero attached hydrogens (tertiary/aromatic N) is 2. The SMILES string of the molecule is C=CC(=O)Nc1cc(N2C(=C)C=Cc3cnc4ccc(-c5ccc(COc6cccc(C(F)(F)F)c6)cc5)cc4c32)ccc1C. The van der Waals surface area contributed by atoms with Gasteiger partial charge in [-0.25, -0.2) is 0 Å². The van der Waals surface area contributed by atoms with Gasteiger partial charge in [-0.15, -0.1) is 0 Å². The third kappa shape index (κ3) is 6.08. The van der Waals surface area contributed by atoms with Gasteiger partial charge in [0.2, 0.25) is 5.91 Å². The fourth-order valence-electron chi connectivity index (χ4n) is 5.23. The van der Waals surface area contributed by atoms with Gasteiger partial charge in [0.05, 0.1) is 16.8 Å². The molecule has 0 radical (unpaired) electrons. The quantitative estimate of drug-likeness (QED) is 0.188. The number of carbonyl (C=O) groups is 1. The number of carbonyl (C=O) groups excluding carboxylic acids is 1. The van der Waals surface area contributed by atoms with E-state index in [-0.39, 0.29) is 18.3 Å². The molecule has 1 aromatic heterocycles. The summed E-state index contributed by atoms with van der Waals surface area (Å²) in [7, 11) is 0. The molecular formula is C37H28F3N3O2. The van der Waals surface area contributed by atoms with E-state index in [1.54, 1.807) is 0 Å². The van der Waals surface area contributed by atoms with Crippen LogP contribution < -0.4 is 15.0 Å². The number of hydrogen-bond donors (Lipinski definition) is 1. The lowest BCUT2D eigenvalue weighted by Crippen LogP contribution is -2.19. The smallest absolute Gasteiger partial charge is 0.416 e. The number of nitrogens with one attached hydrogen (secondary N) is 1. The Morgan fingerprint density at radius 1 is 0.978 bits per heavy atom. The van der Waals surface area contributed by atoms with Gasteiger partial charge < -0.3 is 15.0 Å². The number of fused-ring (bicyclic) bond motifs is 3. The molecule has 45 heavy (non-hydrogen) atoms. The van der Waals surface area contributed by atoms with E-state index in [0.717, 1.165) is 67.9 Å². The van der Waals surface area contributed by atoms with Crippen LogP contribution in [0.2, 0.25) is 0 Å². The van der Waals surface area contributed by atoms with Crippen LogP contribution in [0.5, 0.6) is 5.75 Å². The summed E-state index contributed by atoms with van der Waals surface area (Å²) in [5, 5.41) is 3.80. The number of rotatable bonds is 7. The summed E-state index contributed by atoms with van der Waals surface area (Å²) in [6, 6.07) is 24.5. The Morgan fingerprint density at radius 2 is 1.76 bits per heavy atom. The van der Waals surface area contributed by atoms with E-state index in [4.69, 9.17) is 9.72 Å². The molecule has 0 spiro atoms. The molecule has 0 saturated carbocycles. The molecule has 0 saturated heterocycles. The van der Waals surface area contributed by atoms with Gasteiger partial charge in [0.1, 0.15) is 12.4 Å². The lowest BCUT2D eigenvalue weighted by atomic mass is 9.98. The molecular weight excluding hydrogens is 575 g/mol. The number of aryl methyl sites for hydroxylation is 1. The minimum absolute atomic E-state index is 0.131. The zero-order chi connectivity index (χ0) is 31.7. The minimum atomic E-state index is -4.43. The number of halogens is 3. The molecule has 0 fully saturated rings. The Balaban J connectivity index is 1.31. The van der Waals surface area contributed by atoms with Crippen LogP contribution in [0, 0.1) is 6.92 Å². The number of pyridine rings is 1. The third-order valence-electron chi connectivity index (χ3n) is 7.61. The fourth-order valence-corrected chi connectivity index (χ4v) is 5.23. The first kappa shape index (κ1) is 29.4. The van der Waals surface area contributed by atoms with Crippen LogP contribution >= 0.6 is 0 Å². The Hall–Kier alpha value is -5.63. The van der Waals surface area contributed by atoms with E-state index < -0.39 is 11.7 Å². The molecule has 0 atom stereocenters. The van der Waals surface area contributed by atoms with Gasteiger partial charge >= 0.3 is 6.18 Å². The van der Waals surface area contributed by atoms with Crippen LogP contribution in [-0.2, 0) is 17.6 Å². The van der Waals surface area contributed by atoms with Crippen molar-refractivity contribution >= 4 is 39.9 Å². The van der Waals surface area contributed by atoms with Crippen molar-refractivity contribution in [2.45, 2.75) is 19.7 Å². The minimum Gasteiger partial charge on any atom is -0.489 e. The van der Waals surface area contributed by atoms with Crippen molar-refractivity contribution < 1.29 is 22.7 Å². The first-order chi connectivity index (χ1) is 21.6. The standard InChI is InChI=1S/C37H28F3N3O2/c1-4-35(44)42-34-20-30(16-8-23(34)2)43-24(3)9-12-28-21-41-33-17-15-27(18-32(33)36(28)43)26-13-10-25(11-14-26)22-45-31-7-5-6-29(19-31)37(38,39)40/h4-21H,1,3,22H2,2H3,(H,42,44). The van der Waals surface area contributed by atoms with Crippen molar-refractivity contribution in [2.24, 2.45) is 0 Å². The molecule has 1 aliphatic heterocycles. The number of amides is 1. The summed E-state index contributed by atoms with van der Waals surface area (Å²) in [5.74, 6) is -0.134. The van der Waals surface area contributed by atoms with Gasteiger partial charge in [-0.1, -0.05) is 55.6 Å². The summed E-state index contributed by atoms with van der Waals surface area (Å²) in [4.78, 5) is 18.8. The Bertz CT molecular complexity index is 2000. The highest BCUT2D eigenvalue weighted by Gasteiger charge is 2.30. The van der Waals surface area contributed by atoms with Gasteiger partial charge in [0.15, 0.2) is 0 Å². The van der Waals surface area contributed by atoms with Gasteiger partial charge in [0, 0.05) is 34.2 Å². The van der Waals surface area contributed by atoms with Crippen LogP contribution in [0.1, 0.15) is 22.3 Å². The lowest BCUT2D eigenvalue weighted by Gasteiger charge is -2.31. The van der Waals surface area contributed by atoms with Crippen molar-refractivity contribution in [3.05, 3.63) is 144 Å². The van der Waals surface area contributed by atoms with Crippen LogP contribution in [0.3, 0.4) is 0 Å². The Labute approximate surface area is 258 Å². The van der Waals surface area contributed by atoms with Crippen molar-refractivity contribution in [3.63, 3.8) is 0 Å². The van der Waals surface area contributed by atoms with E-state index in [2.05, 4.69) is 29.4 Å². The van der Waals surface area contributed by atoms with E-state index in [9.17, 15) is 18.0 Å². The number of aromatic nitrogens is 1. The molecule has 0 unspecified atom stereocenters. The summed E-state index contributed by atoms with van der Waals surface area (Å²) >= 11 is 0. The van der Waals surface area contributed by atoms with Gasteiger partial charge in [-0.05, 0) is 89.9 Å². The first-order valence-corrected chi connectivity index (χ1v) is 14.1. The molecule has 0 bridgehead atoms. The van der Waals surface area contributed by atoms with Crippen molar-refractivity contribution in [1.82, 2.24) is 4.98 Å². The monoisotopic (exact) mass is 603 g/mol. The number of hydrogen-bond acceptors (Lipinski definition) is 4.